The lowest BCUT2D eigenvalue weighted by atomic mass is 9.95. The van der Waals surface area contributed by atoms with Crippen LogP contribution in [0.2, 0.25) is 23.7 Å². The molecule has 3 heteroatoms. The minimum absolute atomic E-state index is 0.149. The highest BCUT2D eigenvalue weighted by Gasteiger charge is 2.64. The smallest absolute Gasteiger partial charge is 0.164 e. The lowest BCUT2D eigenvalue weighted by Gasteiger charge is -2.49. The third kappa shape index (κ3) is 2.22. The van der Waals surface area contributed by atoms with Crippen molar-refractivity contribution in [3.63, 3.8) is 0 Å². The third-order valence-electron chi connectivity index (χ3n) is 5.97. The normalized spacial score (nSPS) is 37.9. The van der Waals surface area contributed by atoms with Crippen LogP contribution in [0.15, 0.2) is 12.2 Å². The monoisotopic (exact) mass is 296 g/mol. The van der Waals surface area contributed by atoms with Crippen molar-refractivity contribution in [3.8, 4) is 0 Å². The molecule has 0 radical (unpaired) electrons. The predicted octanol–water partition coefficient (Wildman–Crippen LogP) is 5.13. The Labute approximate surface area is 125 Å². The molecule has 116 valence electrons. The summed E-state index contributed by atoms with van der Waals surface area (Å²) in [6, 6.07) is 0. The highest BCUT2D eigenvalue weighted by molar-refractivity contribution is 6.82. The van der Waals surface area contributed by atoms with Crippen LogP contribution >= 0.6 is 0 Å². The van der Waals surface area contributed by atoms with E-state index in [0.29, 0.717) is 10.6 Å². The second kappa shape index (κ2) is 4.44. The topological polar surface area (TPSA) is 18.5 Å². The van der Waals surface area contributed by atoms with Crippen LogP contribution < -0.4 is 0 Å². The molecule has 1 saturated carbocycles. The van der Waals surface area contributed by atoms with Gasteiger partial charge in [-0.15, -0.1) is 0 Å². The first-order chi connectivity index (χ1) is 8.83. The van der Waals surface area contributed by atoms with Gasteiger partial charge in [0.2, 0.25) is 0 Å². The van der Waals surface area contributed by atoms with Crippen molar-refractivity contribution in [2.24, 2.45) is 0 Å². The van der Waals surface area contributed by atoms with E-state index < -0.39 is 13.9 Å². The average molecular weight is 297 g/mol. The van der Waals surface area contributed by atoms with Gasteiger partial charge in [-0.1, -0.05) is 46.0 Å². The molecule has 0 N–H and O–H groups in total. The van der Waals surface area contributed by atoms with Crippen LogP contribution in [-0.2, 0) is 9.47 Å². The Morgan fingerprint density at radius 3 is 2.20 bits per heavy atom. The van der Waals surface area contributed by atoms with Gasteiger partial charge < -0.3 is 9.47 Å². The summed E-state index contributed by atoms with van der Waals surface area (Å²) in [5.41, 5.74) is 1.72. The van der Waals surface area contributed by atoms with Gasteiger partial charge in [-0.3, -0.25) is 0 Å². The Hall–Kier alpha value is -0.123. The average Bonchev–Trinajstić information content (AvgIpc) is 2.64. The van der Waals surface area contributed by atoms with E-state index in [0.717, 1.165) is 12.8 Å². The first-order valence-electron chi connectivity index (χ1n) is 7.89. The summed E-state index contributed by atoms with van der Waals surface area (Å²) in [5, 5.41) is 0.327. The number of ether oxygens (including phenoxy) is 2. The van der Waals surface area contributed by atoms with Gasteiger partial charge in [0.15, 0.2) is 5.79 Å². The predicted molar refractivity (Wildman–Crippen MR) is 87.8 cm³/mol. The van der Waals surface area contributed by atoms with E-state index in [1.54, 1.807) is 0 Å². The summed E-state index contributed by atoms with van der Waals surface area (Å²) in [6.45, 7) is 22.8. The van der Waals surface area contributed by atoms with Crippen LogP contribution in [0.1, 0.15) is 54.4 Å². The number of hydrogen-bond acceptors (Lipinski definition) is 2. The Morgan fingerprint density at radius 2 is 1.80 bits per heavy atom. The molecule has 20 heavy (non-hydrogen) atoms. The lowest BCUT2D eigenvalue weighted by molar-refractivity contribution is -0.161. The molecule has 2 fully saturated rings. The molecular weight excluding hydrogens is 264 g/mol. The maximum Gasteiger partial charge on any atom is 0.164 e. The van der Waals surface area contributed by atoms with Gasteiger partial charge in [0.1, 0.15) is 5.60 Å². The molecule has 1 heterocycles. The quantitative estimate of drug-likeness (QED) is 0.493. The van der Waals surface area contributed by atoms with Crippen molar-refractivity contribution >= 4 is 8.07 Å². The third-order valence-corrected chi connectivity index (χ3v) is 12.2. The Balaban J connectivity index is 2.48. The Kier molecular flexibility index (Phi) is 3.60. The highest BCUT2D eigenvalue weighted by atomic mass is 28.3. The summed E-state index contributed by atoms with van der Waals surface area (Å²) < 4.78 is 12.7. The molecule has 2 rings (SSSR count). The van der Waals surface area contributed by atoms with Gasteiger partial charge in [0, 0.05) is 5.54 Å². The van der Waals surface area contributed by atoms with Gasteiger partial charge in [0.05, 0.1) is 14.2 Å². The van der Waals surface area contributed by atoms with Crippen molar-refractivity contribution in [3.05, 3.63) is 12.2 Å². The summed E-state index contributed by atoms with van der Waals surface area (Å²) in [5.74, 6) is -0.468. The summed E-state index contributed by atoms with van der Waals surface area (Å²) in [4.78, 5) is 0. The molecule has 1 aliphatic heterocycles. The van der Waals surface area contributed by atoms with Crippen LogP contribution in [0.4, 0.5) is 0 Å². The fourth-order valence-electron chi connectivity index (χ4n) is 4.18. The molecule has 0 aromatic carbocycles. The van der Waals surface area contributed by atoms with Crippen molar-refractivity contribution < 1.29 is 9.47 Å². The van der Waals surface area contributed by atoms with Gasteiger partial charge >= 0.3 is 0 Å². The molecular formula is C17H32O2Si. The zero-order chi connectivity index (χ0) is 15.6. The standard InChI is InChI=1S/C17H32O2Si/c1-12-10-11-17(13(2)18-16(6,7)19-17)14(12)20(8,9)15(3,4)5/h13-14H,1,10-11H2,2-9H3/t13-,14+,17+/m0/s1. The molecule has 1 spiro atoms. The van der Waals surface area contributed by atoms with E-state index in [-0.39, 0.29) is 11.7 Å². The van der Waals surface area contributed by atoms with Crippen LogP contribution in [0.3, 0.4) is 0 Å². The van der Waals surface area contributed by atoms with Crippen LogP contribution in [-0.4, -0.2) is 25.6 Å². The second-order valence-corrected chi connectivity index (χ2v) is 14.3. The minimum Gasteiger partial charge on any atom is -0.345 e. The van der Waals surface area contributed by atoms with E-state index in [9.17, 15) is 0 Å². The van der Waals surface area contributed by atoms with E-state index in [2.05, 4.69) is 47.4 Å². The minimum atomic E-state index is -1.58. The second-order valence-electron chi connectivity index (χ2n) is 8.78. The van der Waals surface area contributed by atoms with Gasteiger partial charge in [-0.05, 0) is 38.7 Å². The highest BCUT2D eigenvalue weighted by Crippen LogP contribution is 2.62. The van der Waals surface area contributed by atoms with Crippen molar-refractivity contribution in [1.82, 2.24) is 0 Å². The van der Waals surface area contributed by atoms with Gasteiger partial charge in [-0.2, -0.15) is 0 Å². The summed E-state index contributed by atoms with van der Waals surface area (Å²) in [7, 11) is -1.58. The summed E-state index contributed by atoms with van der Waals surface area (Å²) in [6.07, 6.45) is 2.30. The van der Waals surface area contributed by atoms with E-state index >= 15 is 0 Å². The van der Waals surface area contributed by atoms with Crippen molar-refractivity contribution in [1.29, 1.82) is 0 Å². The molecule has 3 atom stereocenters. The van der Waals surface area contributed by atoms with E-state index in [1.807, 2.05) is 13.8 Å². The van der Waals surface area contributed by atoms with E-state index in [1.165, 1.54) is 5.57 Å². The van der Waals surface area contributed by atoms with Crippen LogP contribution in [0.5, 0.6) is 0 Å². The maximum absolute atomic E-state index is 6.53. The van der Waals surface area contributed by atoms with Crippen molar-refractivity contribution in [2.75, 3.05) is 0 Å². The van der Waals surface area contributed by atoms with Gasteiger partial charge in [0.25, 0.3) is 0 Å². The van der Waals surface area contributed by atoms with Gasteiger partial charge in [-0.25, -0.2) is 0 Å². The van der Waals surface area contributed by atoms with Crippen LogP contribution in [0, 0.1) is 0 Å². The molecule has 2 nitrogen and oxygen atoms in total. The zero-order valence-electron chi connectivity index (χ0n) is 14.6. The Bertz CT molecular complexity index is 419. The molecule has 0 bridgehead atoms. The SMILES string of the molecule is C=C1CC[C@]2(OC(C)(C)O[C@H]2C)[C@@H]1[Si](C)(C)C(C)(C)C. The number of rotatable bonds is 1. The lowest BCUT2D eigenvalue weighted by Crippen LogP contribution is -2.54. The summed E-state index contributed by atoms with van der Waals surface area (Å²) >= 11 is 0. The molecule has 0 amide bonds. The first-order valence-corrected chi connectivity index (χ1v) is 11.0. The Morgan fingerprint density at radius 1 is 1.25 bits per heavy atom. The van der Waals surface area contributed by atoms with E-state index in [4.69, 9.17) is 9.47 Å². The molecule has 0 aromatic rings. The van der Waals surface area contributed by atoms with Crippen molar-refractivity contribution in [2.45, 2.75) is 95.5 Å². The first kappa shape index (κ1) is 16.3. The largest absolute Gasteiger partial charge is 0.345 e. The van der Waals surface area contributed by atoms with Crippen LogP contribution in [0.25, 0.3) is 0 Å². The fourth-order valence-corrected chi connectivity index (χ4v) is 7.87. The molecule has 1 aliphatic carbocycles. The number of hydrogen-bond donors (Lipinski definition) is 0. The zero-order valence-corrected chi connectivity index (χ0v) is 15.6. The molecule has 0 unspecified atom stereocenters. The fraction of sp³-hybridized carbons (Fsp3) is 0.882. The molecule has 1 saturated heterocycles. The maximum atomic E-state index is 6.53. The molecule has 0 aromatic heterocycles. The molecule has 2 aliphatic rings.